The molecule has 6 heteroatoms. The molecule has 0 saturated carbocycles. The van der Waals surface area contributed by atoms with Gasteiger partial charge in [0.25, 0.3) is 0 Å². The minimum Gasteiger partial charge on any atom is -0.481 e. The van der Waals surface area contributed by atoms with E-state index < -0.39 is 11.9 Å². The fraction of sp³-hybridized carbons (Fsp3) is 0.200. The smallest absolute Gasteiger partial charge is 0.322 e. The van der Waals surface area contributed by atoms with E-state index >= 15 is 0 Å². The summed E-state index contributed by atoms with van der Waals surface area (Å²) in [6.07, 6.45) is -0.112. The van der Waals surface area contributed by atoms with Crippen molar-refractivity contribution in [1.82, 2.24) is 0 Å². The lowest BCUT2D eigenvalue weighted by molar-refractivity contribution is -0.136. The molecule has 0 amide bonds. The average molecular weight is 244 g/mol. The second kappa shape index (κ2) is 5.37. The van der Waals surface area contributed by atoms with Crippen LogP contribution in [0.15, 0.2) is 18.2 Å². The predicted molar refractivity (Wildman–Crippen MR) is 58.9 cm³/mol. The lowest BCUT2D eigenvalue weighted by Crippen LogP contribution is -2.12. The highest BCUT2D eigenvalue weighted by Gasteiger charge is 2.05. The first-order valence-electron chi connectivity index (χ1n) is 4.45. The maximum Gasteiger partial charge on any atom is 0.322 e. The Balaban J connectivity index is 2.75. The van der Waals surface area contributed by atoms with Crippen LogP contribution < -0.4 is 5.32 Å². The first-order valence-corrected chi connectivity index (χ1v) is 4.82. The Morgan fingerprint density at radius 1 is 1.25 bits per heavy atom. The van der Waals surface area contributed by atoms with Crippen molar-refractivity contribution in [3.63, 3.8) is 0 Å². The molecule has 0 atom stereocenters. The number of halogens is 1. The molecule has 0 radical (unpaired) electrons. The molecule has 0 heterocycles. The summed E-state index contributed by atoms with van der Waals surface area (Å²) in [5.41, 5.74) is 1.04. The van der Waals surface area contributed by atoms with Gasteiger partial charge in [0, 0.05) is 0 Å². The van der Waals surface area contributed by atoms with Gasteiger partial charge < -0.3 is 15.5 Å². The van der Waals surface area contributed by atoms with E-state index in [-0.39, 0.29) is 13.0 Å². The van der Waals surface area contributed by atoms with Gasteiger partial charge in [-0.15, -0.1) is 0 Å². The molecule has 0 aliphatic heterocycles. The van der Waals surface area contributed by atoms with Gasteiger partial charge in [0.05, 0.1) is 17.1 Å². The second-order valence-corrected chi connectivity index (χ2v) is 3.54. The van der Waals surface area contributed by atoms with Crippen LogP contribution in [-0.2, 0) is 16.0 Å². The third-order valence-corrected chi connectivity index (χ3v) is 2.13. The minimum absolute atomic E-state index is 0.112. The summed E-state index contributed by atoms with van der Waals surface area (Å²) >= 11 is 5.85. The van der Waals surface area contributed by atoms with E-state index in [0.29, 0.717) is 16.3 Å². The topological polar surface area (TPSA) is 86.6 Å². The van der Waals surface area contributed by atoms with Crippen LogP contribution in [0.4, 0.5) is 5.69 Å². The van der Waals surface area contributed by atoms with E-state index in [1.807, 2.05) is 0 Å². The first-order chi connectivity index (χ1) is 7.49. The van der Waals surface area contributed by atoms with Crippen LogP contribution >= 0.6 is 11.6 Å². The zero-order valence-electron chi connectivity index (χ0n) is 8.24. The molecule has 1 rings (SSSR count). The number of hydrogen-bond acceptors (Lipinski definition) is 3. The number of carboxylic acids is 2. The molecular weight excluding hydrogens is 234 g/mol. The molecule has 3 N–H and O–H groups in total. The third kappa shape index (κ3) is 3.78. The SMILES string of the molecule is O=C(O)CNc1ccc(CC(=O)O)cc1Cl. The van der Waals surface area contributed by atoms with E-state index in [2.05, 4.69) is 5.32 Å². The zero-order valence-corrected chi connectivity index (χ0v) is 8.99. The molecule has 1 aromatic rings. The maximum atomic E-state index is 10.4. The van der Waals surface area contributed by atoms with Crippen molar-refractivity contribution in [2.45, 2.75) is 6.42 Å². The van der Waals surface area contributed by atoms with Gasteiger partial charge in [-0.2, -0.15) is 0 Å². The number of rotatable bonds is 5. The Morgan fingerprint density at radius 3 is 2.44 bits per heavy atom. The van der Waals surface area contributed by atoms with E-state index in [0.717, 1.165) is 0 Å². The highest BCUT2D eigenvalue weighted by Crippen LogP contribution is 2.23. The molecule has 0 aliphatic rings. The van der Waals surface area contributed by atoms with Crippen molar-refractivity contribution in [1.29, 1.82) is 0 Å². The number of anilines is 1. The van der Waals surface area contributed by atoms with Gasteiger partial charge in [0.1, 0.15) is 6.54 Å². The normalized spacial score (nSPS) is 9.81. The van der Waals surface area contributed by atoms with Gasteiger partial charge in [-0.05, 0) is 17.7 Å². The van der Waals surface area contributed by atoms with Gasteiger partial charge >= 0.3 is 11.9 Å². The lowest BCUT2D eigenvalue weighted by atomic mass is 10.1. The molecule has 0 spiro atoms. The number of carboxylic acid groups (broad SMARTS) is 2. The van der Waals surface area contributed by atoms with Crippen molar-refractivity contribution in [2.75, 3.05) is 11.9 Å². The van der Waals surface area contributed by atoms with E-state index in [4.69, 9.17) is 21.8 Å². The van der Waals surface area contributed by atoms with Gasteiger partial charge in [-0.3, -0.25) is 9.59 Å². The van der Waals surface area contributed by atoms with Gasteiger partial charge in [0.2, 0.25) is 0 Å². The molecule has 0 fully saturated rings. The Bertz CT molecular complexity index is 419. The average Bonchev–Trinajstić information content (AvgIpc) is 2.15. The number of benzene rings is 1. The van der Waals surface area contributed by atoms with Crippen molar-refractivity contribution in [3.8, 4) is 0 Å². The number of aliphatic carboxylic acids is 2. The van der Waals surface area contributed by atoms with E-state index in [1.54, 1.807) is 12.1 Å². The van der Waals surface area contributed by atoms with E-state index in [9.17, 15) is 9.59 Å². The van der Waals surface area contributed by atoms with Gasteiger partial charge in [-0.1, -0.05) is 17.7 Å². The summed E-state index contributed by atoms with van der Waals surface area (Å²) in [7, 11) is 0. The monoisotopic (exact) mass is 243 g/mol. The summed E-state index contributed by atoms with van der Waals surface area (Å²) in [5.74, 6) is -1.94. The van der Waals surface area contributed by atoms with Crippen LogP contribution in [0.2, 0.25) is 5.02 Å². The molecule has 0 unspecified atom stereocenters. The molecule has 0 aliphatic carbocycles. The van der Waals surface area contributed by atoms with Crippen LogP contribution in [-0.4, -0.2) is 28.7 Å². The fourth-order valence-corrected chi connectivity index (χ4v) is 1.43. The van der Waals surface area contributed by atoms with Crippen LogP contribution in [0.1, 0.15) is 5.56 Å². The zero-order chi connectivity index (χ0) is 12.1. The van der Waals surface area contributed by atoms with Crippen molar-refractivity contribution >= 4 is 29.2 Å². The molecule has 1 aromatic carbocycles. The lowest BCUT2D eigenvalue weighted by Gasteiger charge is -2.07. The largest absolute Gasteiger partial charge is 0.481 e. The van der Waals surface area contributed by atoms with Crippen LogP contribution in [0, 0.1) is 0 Å². The fourth-order valence-electron chi connectivity index (χ4n) is 1.16. The quantitative estimate of drug-likeness (QED) is 0.729. The first kappa shape index (κ1) is 12.3. The van der Waals surface area contributed by atoms with Gasteiger partial charge in [0.15, 0.2) is 0 Å². The molecule has 0 saturated heterocycles. The van der Waals surface area contributed by atoms with E-state index in [1.165, 1.54) is 6.07 Å². The molecule has 5 nitrogen and oxygen atoms in total. The van der Waals surface area contributed by atoms with Crippen molar-refractivity contribution in [2.24, 2.45) is 0 Å². The Hall–Kier alpha value is -1.75. The minimum atomic E-state index is -0.995. The molecule has 0 bridgehead atoms. The highest BCUT2D eigenvalue weighted by atomic mass is 35.5. The summed E-state index contributed by atoms with van der Waals surface area (Å²) in [6, 6.07) is 4.65. The van der Waals surface area contributed by atoms with Crippen molar-refractivity contribution < 1.29 is 19.8 Å². The Labute approximate surface area is 96.7 Å². The van der Waals surface area contributed by atoms with Crippen molar-refractivity contribution in [3.05, 3.63) is 28.8 Å². The number of nitrogens with one attached hydrogen (secondary N) is 1. The second-order valence-electron chi connectivity index (χ2n) is 3.13. The Kier molecular flexibility index (Phi) is 4.13. The standard InChI is InChI=1S/C10H10ClNO4/c11-7-3-6(4-9(13)14)1-2-8(7)12-5-10(15)16/h1-3,12H,4-5H2,(H,13,14)(H,15,16). The summed E-state index contributed by atoms with van der Waals surface area (Å²) in [5, 5.41) is 19.9. The van der Waals surface area contributed by atoms with Crippen LogP contribution in [0.5, 0.6) is 0 Å². The summed E-state index contributed by atoms with van der Waals surface area (Å²) in [6.45, 7) is -0.238. The third-order valence-electron chi connectivity index (χ3n) is 1.82. The molecule has 0 aromatic heterocycles. The maximum absolute atomic E-state index is 10.4. The van der Waals surface area contributed by atoms with Crippen LogP contribution in [0.3, 0.4) is 0 Å². The highest BCUT2D eigenvalue weighted by molar-refractivity contribution is 6.33. The van der Waals surface area contributed by atoms with Gasteiger partial charge in [-0.25, -0.2) is 0 Å². The molecule has 16 heavy (non-hydrogen) atoms. The number of hydrogen-bond donors (Lipinski definition) is 3. The predicted octanol–water partition coefficient (Wildman–Crippen LogP) is 1.46. The summed E-state index contributed by atoms with van der Waals surface area (Å²) in [4.78, 5) is 20.8. The molecule has 86 valence electrons. The van der Waals surface area contributed by atoms with Crippen LogP contribution in [0.25, 0.3) is 0 Å². The molecular formula is C10H10ClNO4. The Morgan fingerprint density at radius 2 is 1.94 bits per heavy atom. The summed E-state index contributed by atoms with van der Waals surface area (Å²) < 4.78 is 0. The number of carbonyl (C=O) groups is 2.